The van der Waals surface area contributed by atoms with Gasteiger partial charge in [0, 0.05) is 92.2 Å². The van der Waals surface area contributed by atoms with E-state index in [1.54, 1.807) is 30.5 Å². The van der Waals surface area contributed by atoms with Crippen molar-refractivity contribution in [2.75, 3.05) is 57.3 Å². The summed E-state index contributed by atoms with van der Waals surface area (Å²) in [7, 11) is 0. The third kappa shape index (κ3) is 7.54. The molecule has 3 aromatic heterocycles. The number of amides is 2. The molecule has 302 valence electrons. The number of piperidine rings is 1. The van der Waals surface area contributed by atoms with Crippen LogP contribution >= 0.6 is 0 Å². The Labute approximate surface area is 343 Å². The zero-order chi connectivity index (χ0) is 40.8. The molecule has 1 atom stereocenters. The van der Waals surface area contributed by atoms with Gasteiger partial charge in [-0.3, -0.25) is 34.0 Å². The Hall–Kier alpha value is -5.77. The van der Waals surface area contributed by atoms with E-state index in [4.69, 9.17) is 0 Å². The molecule has 3 aliphatic heterocycles. The number of fused-ring (bicyclic) bond motifs is 4. The fourth-order valence-electron chi connectivity index (χ4n) is 9.43. The number of piperazine rings is 1. The molecule has 0 N–H and O–H groups in total. The second-order valence-electron chi connectivity index (χ2n) is 16.7. The highest BCUT2D eigenvalue weighted by molar-refractivity contribution is 6.23. The molecule has 12 heteroatoms. The van der Waals surface area contributed by atoms with Crippen molar-refractivity contribution in [3.8, 4) is 23.0 Å². The minimum atomic E-state index is -0.878. The van der Waals surface area contributed by atoms with Crippen LogP contribution in [0.5, 0.6) is 0 Å². The van der Waals surface area contributed by atoms with Crippen molar-refractivity contribution in [2.24, 2.45) is 5.92 Å². The second kappa shape index (κ2) is 16.1. The summed E-state index contributed by atoms with van der Waals surface area (Å²) in [4.78, 5) is 67.3. The van der Waals surface area contributed by atoms with Gasteiger partial charge in [0.15, 0.2) is 17.4 Å². The van der Waals surface area contributed by atoms with Gasteiger partial charge in [0.05, 0.1) is 41.2 Å². The molecule has 0 radical (unpaired) electrons. The second-order valence-corrected chi connectivity index (χ2v) is 16.7. The Balaban J connectivity index is 0.731. The number of carbonyl (C=O) groups excluding carboxylic acids is 4. The first-order chi connectivity index (χ1) is 28.6. The topological polar surface area (TPSA) is 112 Å². The normalized spacial score (nSPS) is 19.6. The molecular formula is C47H48FN7O4. The van der Waals surface area contributed by atoms with Crippen LogP contribution in [0.3, 0.4) is 0 Å². The minimum Gasteiger partial charge on any atom is -0.354 e. The summed E-state index contributed by atoms with van der Waals surface area (Å²) in [6.07, 6.45) is 8.85. The number of rotatable bonds is 8. The summed E-state index contributed by atoms with van der Waals surface area (Å²) in [5.41, 5.74) is 5.16. The lowest BCUT2D eigenvalue weighted by Crippen LogP contribution is -2.47. The first-order valence-electron chi connectivity index (χ1n) is 20.9. The monoisotopic (exact) mass is 793 g/mol. The van der Waals surface area contributed by atoms with Crippen molar-refractivity contribution in [2.45, 2.75) is 64.5 Å². The van der Waals surface area contributed by atoms with E-state index in [0.29, 0.717) is 23.8 Å². The molecule has 5 aromatic rings. The van der Waals surface area contributed by atoms with Gasteiger partial charge in [-0.15, -0.1) is 0 Å². The van der Waals surface area contributed by atoms with E-state index in [1.165, 1.54) is 0 Å². The lowest BCUT2D eigenvalue weighted by Gasteiger charge is -2.36. The molecular weight excluding hydrogens is 746 g/mol. The molecule has 3 fully saturated rings. The van der Waals surface area contributed by atoms with Gasteiger partial charge < -0.3 is 14.4 Å². The summed E-state index contributed by atoms with van der Waals surface area (Å²) in [6.45, 7) is 11.4. The van der Waals surface area contributed by atoms with Crippen LogP contribution < -0.4 is 4.90 Å². The molecule has 4 aliphatic rings. The summed E-state index contributed by atoms with van der Waals surface area (Å²) < 4.78 is 18.0. The largest absolute Gasteiger partial charge is 0.354 e. The molecule has 1 saturated carbocycles. The summed E-state index contributed by atoms with van der Waals surface area (Å²) >= 11 is 0. The van der Waals surface area contributed by atoms with E-state index in [-0.39, 0.29) is 53.8 Å². The summed E-state index contributed by atoms with van der Waals surface area (Å²) in [6, 6.07) is 14.4. The molecule has 9 rings (SSSR count). The van der Waals surface area contributed by atoms with E-state index < -0.39 is 17.9 Å². The van der Waals surface area contributed by atoms with Gasteiger partial charge in [-0.1, -0.05) is 24.0 Å². The molecule has 2 amide bonds. The number of hydrogen-bond donors (Lipinski definition) is 0. The van der Waals surface area contributed by atoms with Gasteiger partial charge in [-0.25, -0.2) is 9.37 Å². The van der Waals surface area contributed by atoms with E-state index in [2.05, 4.69) is 73.1 Å². The van der Waals surface area contributed by atoms with Crippen molar-refractivity contribution in [1.29, 1.82) is 0 Å². The van der Waals surface area contributed by atoms with Gasteiger partial charge >= 0.3 is 0 Å². The molecule has 2 saturated heterocycles. The first kappa shape index (κ1) is 38.7. The summed E-state index contributed by atoms with van der Waals surface area (Å²) in [5, 5.41) is 2.26. The number of carbonyl (C=O) groups is 4. The number of halogens is 1. The van der Waals surface area contributed by atoms with E-state index in [1.807, 2.05) is 18.5 Å². The molecule has 0 spiro atoms. The number of hydrogen-bond acceptors (Lipinski definition) is 9. The lowest BCUT2D eigenvalue weighted by atomic mass is 9.92. The van der Waals surface area contributed by atoms with E-state index in [0.717, 1.165) is 103 Å². The Bertz CT molecular complexity index is 2560. The molecule has 11 nitrogen and oxygen atoms in total. The van der Waals surface area contributed by atoms with Crippen LogP contribution in [0.4, 0.5) is 10.2 Å². The number of pyridine rings is 2. The highest BCUT2D eigenvalue weighted by atomic mass is 19.1. The smallest absolute Gasteiger partial charge is 0.262 e. The predicted octanol–water partition coefficient (Wildman–Crippen LogP) is 6.53. The molecule has 0 bridgehead atoms. The van der Waals surface area contributed by atoms with E-state index >= 15 is 4.39 Å². The standard InChI is InChI=1S/C47H48FN7O4/c1-30(2)54-41-11-15-49-29-39(41)36-9-6-33(26-43(36)54)34-25-40(48)45(50-28-34)53-18-13-31(14-19-53)12-17-52-22-20-51(21-23-52)16-3-4-32-5-8-37-38(24-32)47(59)55(46(37)58)42-10-7-35(56)27-44(42)57/h5-6,8-9,11,15,24-26,28-31,42H,7,10,12-14,16-23,27H2,1-2H3. The zero-order valence-electron chi connectivity index (χ0n) is 33.6. The highest BCUT2D eigenvalue weighted by Gasteiger charge is 2.44. The average molecular weight is 794 g/mol. The van der Waals surface area contributed by atoms with E-state index in [9.17, 15) is 19.2 Å². The van der Waals surface area contributed by atoms with Crippen LogP contribution in [-0.4, -0.2) is 111 Å². The quantitative estimate of drug-likeness (QED) is 0.0984. The number of aromatic nitrogens is 3. The first-order valence-corrected chi connectivity index (χ1v) is 20.9. The number of ketones is 2. The van der Waals surface area contributed by atoms with Crippen LogP contribution in [0.25, 0.3) is 32.9 Å². The third-order valence-corrected chi connectivity index (χ3v) is 12.7. The van der Waals surface area contributed by atoms with Crippen molar-refractivity contribution in [1.82, 2.24) is 29.2 Å². The number of anilines is 1. The number of Topliss-reactive ketones (excluding diaryl/α,β-unsaturated/α-hetero) is 2. The third-order valence-electron chi connectivity index (χ3n) is 12.7. The van der Waals surface area contributed by atoms with Gasteiger partial charge in [0.25, 0.3) is 11.8 Å². The highest BCUT2D eigenvalue weighted by Crippen LogP contribution is 2.36. The average Bonchev–Trinajstić information content (AvgIpc) is 3.70. The Kier molecular flexibility index (Phi) is 10.6. The molecule has 1 unspecified atom stereocenters. The number of nitrogens with zero attached hydrogens (tertiary/aromatic N) is 7. The predicted molar refractivity (Wildman–Crippen MR) is 225 cm³/mol. The van der Waals surface area contributed by atoms with Crippen molar-refractivity contribution in [3.05, 3.63) is 89.6 Å². The van der Waals surface area contributed by atoms with Crippen LogP contribution in [-0.2, 0) is 9.59 Å². The van der Waals surface area contributed by atoms with Crippen molar-refractivity contribution in [3.63, 3.8) is 0 Å². The fraction of sp³-hybridized carbons (Fsp3) is 0.404. The molecule has 59 heavy (non-hydrogen) atoms. The Morgan fingerprint density at radius 3 is 2.34 bits per heavy atom. The number of imide groups is 1. The lowest BCUT2D eigenvalue weighted by molar-refractivity contribution is -0.132. The van der Waals surface area contributed by atoms with Gasteiger partial charge in [-0.05, 0) is 94.0 Å². The molecule has 2 aromatic carbocycles. The van der Waals surface area contributed by atoms with Crippen LogP contribution in [0, 0.1) is 23.6 Å². The van der Waals surface area contributed by atoms with Crippen molar-refractivity contribution >= 4 is 51.0 Å². The van der Waals surface area contributed by atoms with Gasteiger partial charge in [0.1, 0.15) is 5.78 Å². The van der Waals surface area contributed by atoms with Crippen LogP contribution in [0.2, 0.25) is 0 Å². The maximum atomic E-state index is 15.7. The Morgan fingerprint density at radius 2 is 1.58 bits per heavy atom. The SMILES string of the molecule is CC(C)n1c2ccncc2c2ccc(-c3cnc(N4CCC(CCN5CCN(CC#Cc6ccc7c(c6)C(=O)N(C6CCC(=O)CC6=O)C7=O)CC5)CC4)c(F)c3)cc21. The Morgan fingerprint density at radius 1 is 0.797 bits per heavy atom. The van der Waals surface area contributed by atoms with Crippen LogP contribution in [0.15, 0.2) is 67.1 Å². The van der Waals surface area contributed by atoms with Gasteiger partial charge in [-0.2, -0.15) is 0 Å². The fourth-order valence-corrected chi connectivity index (χ4v) is 9.43. The van der Waals surface area contributed by atoms with Crippen molar-refractivity contribution < 1.29 is 23.6 Å². The zero-order valence-corrected chi connectivity index (χ0v) is 33.6. The molecule has 6 heterocycles. The maximum Gasteiger partial charge on any atom is 0.262 e. The molecule has 1 aliphatic carbocycles. The minimum absolute atomic E-state index is 0.152. The van der Waals surface area contributed by atoms with Crippen LogP contribution in [0.1, 0.15) is 84.7 Å². The summed E-state index contributed by atoms with van der Waals surface area (Å²) in [5.74, 6) is 5.65. The number of benzene rings is 2. The maximum absolute atomic E-state index is 15.7. The van der Waals surface area contributed by atoms with Gasteiger partial charge in [0.2, 0.25) is 0 Å².